The molecule has 1 aromatic heterocycles. The number of benzene rings is 2. The summed E-state index contributed by atoms with van der Waals surface area (Å²) >= 11 is 5.95. The van der Waals surface area contributed by atoms with E-state index in [1.54, 1.807) is 24.3 Å². The second kappa shape index (κ2) is 4.61. The molecule has 0 unspecified atom stereocenters. The number of halogens is 1. The van der Waals surface area contributed by atoms with Crippen molar-refractivity contribution in [1.82, 2.24) is 4.98 Å². The maximum Gasteiger partial charge on any atom is 0.417 e. The van der Waals surface area contributed by atoms with E-state index >= 15 is 0 Å². The highest BCUT2D eigenvalue weighted by atomic mass is 35.5. The minimum Gasteiger partial charge on any atom is -0.455 e. The molecule has 0 saturated carbocycles. The molecule has 3 N–H and O–H groups in total. The van der Waals surface area contributed by atoms with E-state index in [0.29, 0.717) is 33.3 Å². The van der Waals surface area contributed by atoms with E-state index in [9.17, 15) is 4.79 Å². The Balaban J connectivity index is 2.07. The van der Waals surface area contributed by atoms with Crippen LogP contribution in [-0.4, -0.2) is 4.98 Å². The number of aryl methyl sites for hydroxylation is 1. The number of nitrogen functional groups attached to an aromatic ring is 1. The van der Waals surface area contributed by atoms with Crippen LogP contribution in [0.1, 0.15) is 5.56 Å². The fraction of sp³-hybridized carbons (Fsp3) is 0.0714. The minimum absolute atomic E-state index is 0.375. The average molecular weight is 291 g/mol. The first-order chi connectivity index (χ1) is 9.52. The highest BCUT2D eigenvalue weighted by molar-refractivity contribution is 6.30. The summed E-state index contributed by atoms with van der Waals surface area (Å²) in [6.07, 6.45) is 0. The van der Waals surface area contributed by atoms with Crippen molar-refractivity contribution in [1.29, 1.82) is 0 Å². The Kier molecular flexibility index (Phi) is 2.91. The van der Waals surface area contributed by atoms with E-state index in [-0.39, 0.29) is 0 Å². The summed E-state index contributed by atoms with van der Waals surface area (Å²) in [5, 5.41) is 0.571. The van der Waals surface area contributed by atoms with Gasteiger partial charge in [0.15, 0.2) is 11.3 Å². The molecule has 3 aromatic rings. The van der Waals surface area contributed by atoms with E-state index < -0.39 is 5.76 Å². The van der Waals surface area contributed by atoms with Gasteiger partial charge in [-0.15, -0.1) is 0 Å². The molecule has 3 rings (SSSR count). The third kappa shape index (κ3) is 2.23. The Bertz CT molecular complexity index is 851. The Morgan fingerprint density at radius 3 is 2.85 bits per heavy atom. The highest BCUT2D eigenvalue weighted by Gasteiger charge is 2.10. The van der Waals surface area contributed by atoms with Gasteiger partial charge in [-0.1, -0.05) is 17.7 Å². The molecule has 0 bridgehead atoms. The molecule has 0 aliphatic heterocycles. The smallest absolute Gasteiger partial charge is 0.417 e. The predicted octanol–water partition coefficient (Wildman–Crippen LogP) is 3.46. The zero-order valence-electron chi connectivity index (χ0n) is 10.6. The lowest BCUT2D eigenvalue weighted by Gasteiger charge is -2.11. The monoisotopic (exact) mass is 290 g/mol. The van der Waals surface area contributed by atoms with Crippen LogP contribution < -0.4 is 16.2 Å². The van der Waals surface area contributed by atoms with Crippen molar-refractivity contribution in [2.24, 2.45) is 0 Å². The van der Waals surface area contributed by atoms with Crippen molar-refractivity contribution in [3.05, 3.63) is 51.5 Å². The number of hydrogen-bond donors (Lipinski definition) is 2. The lowest BCUT2D eigenvalue weighted by atomic mass is 10.2. The number of aromatic nitrogens is 1. The average Bonchev–Trinajstić information content (AvgIpc) is 2.73. The van der Waals surface area contributed by atoms with Crippen LogP contribution >= 0.6 is 11.6 Å². The number of nitrogens with one attached hydrogen (secondary N) is 1. The molecule has 0 aliphatic rings. The third-order valence-electron chi connectivity index (χ3n) is 2.92. The standard InChI is InChI=1S/C14H11ClN2O3/c1-7-2-3-8(15)4-11(7)19-12-6-10-13(5-9(12)16)20-14(18)17-10/h2-6H,16H2,1H3,(H,17,18). The summed E-state index contributed by atoms with van der Waals surface area (Å²) in [4.78, 5) is 13.7. The molecule has 0 amide bonds. The lowest BCUT2D eigenvalue weighted by molar-refractivity contribution is 0.481. The van der Waals surface area contributed by atoms with Gasteiger partial charge in [-0.3, -0.25) is 4.98 Å². The van der Waals surface area contributed by atoms with E-state index in [2.05, 4.69) is 4.98 Å². The van der Waals surface area contributed by atoms with Crippen molar-refractivity contribution < 1.29 is 9.15 Å². The molecule has 20 heavy (non-hydrogen) atoms. The van der Waals surface area contributed by atoms with E-state index in [1.807, 2.05) is 13.0 Å². The van der Waals surface area contributed by atoms with E-state index in [1.165, 1.54) is 0 Å². The molecule has 0 atom stereocenters. The van der Waals surface area contributed by atoms with Crippen LogP contribution in [0.5, 0.6) is 11.5 Å². The van der Waals surface area contributed by atoms with Gasteiger partial charge in [0, 0.05) is 17.2 Å². The number of oxazole rings is 1. The van der Waals surface area contributed by atoms with Gasteiger partial charge in [-0.2, -0.15) is 0 Å². The van der Waals surface area contributed by atoms with Crippen molar-refractivity contribution in [2.75, 3.05) is 5.73 Å². The van der Waals surface area contributed by atoms with E-state index in [4.69, 9.17) is 26.5 Å². The summed E-state index contributed by atoms with van der Waals surface area (Å²) in [6, 6.07) is 8.51. The highest BCUT2D eigenvalue weighted by Crippen LogP contribution is 2.33. The molecule has 0 aliphatic carbocycles. The quantitative estimate of drug-likeness (QED) is 0.708. The zero-order valence-corrected chi connectivity index (χ0v) is 11.3. The number of rotatable bonds is 2. The van der Waals surface area contributed by atoms with Crippen LogP contribution in [0.4, 0.5) is 5.69 Å². The molecule has 0 saturated heterocycles. The van der Waals surface area contributed by atoms with E-state index in [0.717, 1.165) is 5.56 Å². The molecule has 5 nitrogen and oxygen atoms in total. The number of anilines is 1. The van der Waals surface area contributed by atoms with Crippen LogP contribution in [0, 0.1) is 6.92 Å². The van der Waals surface area contributed by atoms with Crippen LogP contribution in [0.2, 0.25) is 5.02 Å². The molecule has 102 valence electrons. The Hall–Kier alpha value is -2.40. The first-order valence-electron chi connectivity index (χ1n) is 5.89. The van der Waals surface area contributed by atoms with Crippen molar-refractivity contribution >= 4 is 28.4 Å². The number of ether oxygens (including phenoxy) is 1. The first kappa shape index (κ1) is 12.6. The number of hydrogen-bond acceptors (Lipinski definition) is 4. The van der Waals surface area contributed by atoms with Gasteiger partial charge in [0.25, 0.3) is 0 Å². The molecule has 1 heterocycles. The topological polar surface area (TPSA) is 81.2 Å². The van der Waals surface area contributed by atoms with Gasteiger partial charge >= 0.3 is 5.76 Å². The molecule has 0 spiro atoms. The second-order valence-corrected chi connectivity index (χ2v) is 4.85. The normalized spacial score (nSPS) is 10.9. The van der Waals surface area contributed by atoms with Crippen molar-refractivity contribution in [3.8, 4) is 11.5 Å². The van der Waals surface area contributed by atoms with Gasteiger partial charge < -0.3 is 14.9 Å². The Morgan fingerprint density at radius 2 is 2.05 bits per heavy atom. The third-order valence-corrected chi connectivity index (χ3v) is 3.16. The molecule has 0 radical (unpaired) electrons. The van der Waals surface area contributed by atoms with Crippen molar-refractivity contribution in [3.63, 3.8) is 0 Å². The fourth-order valence-corrected chi connectivity index (χ4v) is 2.05. The maximum absolute atomic E-state index is 11.1. The van der Waals surface area contributed by atoms with Crippen LogP contribution in [0.25, 0.3) is 11.1 Å². The number of H-pyrrole nitrogens is 1. The second-order valence-electron chi connectivity index (χ2n) is 4.41. The van der Waals surface area contributed by atoms with Gasteiger partial charge in [-0.25, -0.2) is 4.79 Å². The SMILES string of the molecule is Cc1ccc(Cl)cc1Oc1cc2[nH]c(=O)oc2cc1N. The van der Waals surface area contributed by atoms with Gasteiger partial charge in [0.05, 0.1) is 11.2 Å². The molecular formula is C14H11ClN2O3. The summed E-state index contributed by atoms with van der Waals surface area (Å²) in [6.45, 7) is 1.90. The van der Waals surface area contributed by atoms with Gasteiger partial charge in [0.1, 0.15) is 5.75 Å². The minimum atomic E-state index is -0.532. The van der Waals surface area contributed by atoms with Crippen LogP contribution in [0.15, 0.2) is 39.5 Å². The number of fused-ring (bicyclic) bond motifs is 1. The summed E-state index contributed by atoms with van der Waals surface area (Å²) in [7, 11) is 0. The largest absolute Gasteiger partial charge is 0.455 e. The zero-order chi connectivity index (χ0) is 14.3. The lowest BCUT2D eigenvalue weighted by Crippen LogP contribution is -1.94. The predicted molar refractivity (Wildman–Crippen MR) is 77.5 cm³/mol. The Labute approximate surface area is 118 Å². The Morgan fingerprint density at radius 1 is 1.25 bits per heavy atom. The molecule has 0 fully saturated rings. The summed E-state index contributed by atoms with van der Waals surface area (Å²) < 4.78 is 10.7. The number of aromatic amines is 1. The van der Waals surface area contributed by atoms with Gasteiger partial charge in [-0.05, 0) is 24.6 Å². The van der Waals surface area contributed by atoms with Crippen molar-refractivity contribution in [2.45, 2.75) is 6.92 Å². The molecular weight excluding hydrogens is 280 g/mol. The molecule has 6 heteroatoms. The van der Waals surface area contributed by atoms with Crippen LogP contribution in [-0.2, 0) is 0 Å². The summed E-state index contributed by atoms with van der Waals surface area (Å²) in [5.41, 5.74) is 8.12. The first-order valence-corrected chi connectivity index (χ1v) is 6.27. The van der Waals surface area contributed by atoms with Crippen LogP contribution in [0.3, 0.4) is 0 Å². The van der Waals surface area contributed by atoms with Gasteiger partial charge in [0.2, 0.25) is 0 Å². The molecule has 2 aromatic carbocycles. The number of nitrogens with two attached hydrogens (primary N) is 1. The summed E-state index contributed by atoms with van der Waals surface area (Å²) in [5.74, 6) is 0.504. The maximum atomic E-state index is 11.1. The fourth-order valence-electron chi connectivity index (χ4n) is 1.88.